The fourth-order valence-electron chi connectivity index (χ4n) is 1.82. The van der Waals surface area contributed by atoms with Crippen molar-refractivity contribution in [3.8, 4) is 0 Å². The fraction of sp³-hybridized carbons (Fsp3) is 0. The second-order valence-electron chi connectivity index (χ2n) is 3.43. The number of nitrogens with one attached hydrogen (secondary N) is 1. The van der Waals surface area contributed by atoms with Crippen LogP contribution in [0.1, 0.15) is 0 Å². The van der Waals surface area contributed by atoms with Gasteiger partial charge in [-0.15, -0.1) is 0 Å². The molecule has 0 atom stereocenters. The molecule has 0 spiro atoms. The van der Waals surface area contributed by atoms with Crippen LogP contribution < -0.4 is 0 Å². The van der Waals surface area contributed by atoms with Gasteiger partial charge in [-0.25, -0.2) is 4.98 Å². The van der Waals surface area contributed by atoms with E-state index in [1.54, 1.807) is 0 Å². The number of pyridine rings is 1. The molecule has 0 bridgehead atoms. The molecular formula is C11H5Cl3N2. The zero-order valence-corrected chi connectivity index (χ0v) is 10.2. The lowest BCUT2D eigenvalue weighted by Crippen LogP contribution is -1.81. The first-order valence-electron chi connectivity index (χ1n) is 4.59. The second-order valence-corrected chi connectivity index (χ2v) is 4.52. The molecule has 3 aromatic rings. The van der Waals surface area contributed by atoms with Gasteiger partial charge in [0.2, 0.25) is 0 Å². The molecule has 3 rings (SSSR count). The van der Waals surface area contributed by atoms with Crippen molar-refractivity contribution in [2.24, 2.45) is 0 Å². The molecule has 0 amide bonds. The highest BCUT2D eigenvalue weighted by Gasteiger charge is 2.14. The van der Waals surface area contributed by atoms with Crippen LogP contribution in [0.2, 0.25) is 15.3 Å². The smallest absolute Gasteiger partial charge is 0.151 e. The van der Waals surface area contributed by atoms with Crippen molar-refractivity contribution in [2.45, 2.75) is 0 Å². The second kappa shape index (κ2) is 3.52. The molecule has 1 N–H and O–H groups in total. The third-order valence-corrected chi connectivity index (χ3v) is 3.52. The summed E-state index contributed by atoms with van der Waals surface area (Å²) in [5.74, 6) is 0. The Labute approximate surface area is 106 Å². The number of halogens is 3. The minimum absolute atomic E-state index is 0.214. The van der Waals surface area contributed by atoms with Crippen LogP contribution in [-0.4, -0.2) is 9.97 Å². The van der Waals surface area contributed by atoms with Crippen molar-refractivity contribution >= 4 is 56.6 Å². The van der Waals surface area contributed by atoms with Gasteiger partial charge in [-0.3, -0.25) is 0 Å². The zero-order valence-electron chi connectivity index (χ0n) is 7.89. The minimum atomic E-state index is 0.214. The number of fused-ring (bicyclic) bond motifs is 3. The molecular weight excluding hydrogens is 266 g/mol. The van der Waals surface area contributed by atoms with Gasteiger partial charge in [-0.1, -0.05) is 53.0 Å². The average molecular weight is 272 g/mol. The van der Waals surface area contributed by atoms with Crippen LogP contribution in [0.15, 0.2) is 24.3 Å². The van der Waals surface area contributed by atoms with E-state index in [-0.39, 0.29) is 5.15 Å². The zero-order chi connectivity index (χ0) is 11.3. The van der Waals surface area contributed by atoms with E-state index in [0.717, 1.165) is 21.8 Å². The van der Waals surface area contributed by atoms with Crippen LogP contribution in [0.4, 0.5) is 0 Å². The molecule has 5 heteroatoms. The summed E-state index contributed by atoms with van der Waals surface area (Å²) in [7, 11) is 0. The van der Waals surface area contributed by atoms with E-state index < -0.39 is 0 Å². The Bertz CT molecular complexity index is 703. The molecule has 2 heterocycles. The quantitative estimate of drug-likeness (QED) is 0.591. The van der Waals surface area contributed by atoms with Crippen LogP contribution >= 0.6 is 34.8 Å². The summed E-state index contributed by atoms with van der Waals surface area (Å²) in [5.41, 5.74) is 1.69. The molecule has 0 unspecified atom stereocenters. The third kappa shape index (κ3) is 1.31. The Morgan fingerprint density at radius 2 is 1.75 bits per heavy atom. The van der Waals surface area contributed by atoms with E-state index in [1.165, 1.54) is 0 Å². The Kier molecular flexibility index (Phi) is 2.25. The molecule has 0 aliphatic rings. The Hall–Kier alpha value is -0.960. The monoisotopic (exact) mass is 270 g/mol. The van der Waals surface area contributed by atoms with Gasteiger partial charge >= 0.3 is 0 Å². The summed E-state index contributed by atoms with van der Waals surface area (Å²) >= 11 is 18.0. The van der Waals surface area contributed by atoms with Crippen molar-refractivity contribution in [1.82, 2.24) is 9.97 Å². The Balaban J connectivity index is 2.64. The summed E-state index contributed by atoms with van der Waals surface area (Å²) < 4.78 is 0. The normalized spacial score (nSPS) is 11.4. The Morgan fingerprint density at radius 3 is 2.56 bits per heavy atom. The predicted octanol–water partition coefficient (Wildman–Crippen LogP) is 4.68. The molecule has 0 aliphatic heterocycles. The molecule has 0 saturated heterocycles. The number of nitrogens with zero attached hydrogens (tertiary/aromatic N) is 1. The lowest BCUT2D eigenvalue weighted by Gasteiger charge is -1.99. The maximum absolute atomic E-state index is 6.09. The molecule has 1 aromatic carbocycles. The van der Waals surface area contributed by atoms with Gasteiger partial charge in [0.05, 0.1) is 5.52 Å². The maximum Gasteiger partial charge on any atom is 0.151 e. The topological polar surface area (TPSA) is 28.7 Å². The van der Waals surface area contributed by atoms with E-state index >= 15 is 0 Å². The number of rotatable bonds is 0. The van der Waals surface area contributed by atoms with Crippen LogP contribution in [0.3, 0.4) is 0 Å². The van der Waals surface area contributed by atoms with Crippen LogP contribution in [-0.2, 0) is 0 Å². The molecule has 80 valence electrons. The first-order chi connectivity index (χ1) is 7.68. The first kappa shape index (κ1) is 10.2. The third-order valence-electron chi connectivity index (χ3n) is 2.51. The van der Waals surface area contributed by atoms with Gasteiger partial charge in [0.15, 0.2) is 5.15 Å². The summed E-state index contributed by atoms with van der Waals surface area (Å²) in [4.78, 5) is 7.19. The Morgan fingerprint density at radius 1 is 1.00 bits per heavy atom. The highest BCUT2D eigenvalue weighted by molar-refractivity contribution is 6.47. The standard InChI is InChI=1S/C11H5Cl3N2/c12-8-9-7(10(13)16-11(8)14)5-3-1-2-4-6(5)15-9/h1-4,15H. The largest absolute Gasteiger partial charge is 0.353 e. The molecule has 0 radical (unpaired) electrons. The summed E-state index contributed by atoms with van der Waals surface area (Å²) in [6.07, 6.45) is 0. The molecule has 0 aliphatic carbocycles. The molecule has 16 heavy (non-hydrogen) atoms. The summed E-state index contributed by atoms with van der Waals surface area (Å²) in [6, 6.07) is 7.80. The van der Waals surface area contributed by atoms with E-state index in [1.807, 2.05) is 24.3 Å². The molecule has 0 fully saturated rings. The number of aromatic nitrogens is 2. The number of H-pyrrole nitrogens is 1. The van der Waals surface area contributed by atoms with Crippen molar-refractivity contribution in [3.05, 3.63) is 39.6 Å². The average Bonchev–Trinajstić information content (AvgIpc) is 2.65. The highest BCUT2D eigenvalue weighted by atomic mass is 35.5. The van der Waals surface area contributed by atoms with Crippen LogP contribution in [0, 0.1) is 0 Å². The summed E-state index contributed by atoms with van der Waals surface area (Å²) in [6.45, 7) is 0. The number of aromatic amines is 1. The molecule has 2 aromatic heterocycles. The van der Waals surface area contributed by atoms with Crippen LogP contribution in [0.5, 0.6) is 0 Å². The first-order valence-corrected chi connectivity index (χ1v) is 5.73. The minimum Gasteiger partial charge on any atom is -0.353 e. The van der Waals surface area contributed by atoms with Gasteiger partial charge in [-0.05, 0) is 6.07 Å². The van der Waals surface area contributed by atoms with Crippen molar-refractivity contribution in [1.29, 1.82) is 0 Å². The van der Waals surface area contributed by atoms with Gasteiger partial charge in [0.1, 0.15) is 10.2 Å². The van der Waals surface area contributed by atoms with E-state index in [9.17, 15) is 0 Å². The highest BCUT2D eigenvalue weighted by Crippen LogP contribution is 2.37. The maximum atomic E-state index is 6.09. The van der Waals surface area contributed by atoms with Crippen molar-refractivity contribution in [3.63, 3.8) is 0 Å². The van der Waals surface area contributed by atoms with E-state index in [4.69, 9.17) is 34.8 Å². The fourth-order valence-corrected chi connectivity index (χ4v) is 2.50. The van der Waals surface area contributed by atoms with Gasteiger partial charge in [-0.2, -0.15) is 0 Å². The number of hydrogen-bond acceptors (Lipinski definition) is 1. The number of benzene rings is 1. The molecule has 2 nitrogen and oxygen atoms in total. The lowest BCUT2D eigenvalue weighted by molar-refractivity contribution is 1.36. The summed E-state index contributed by atoms with van der Waals surface area (Å²) in [5, 5.41) is 2.78. The van der Waals surface area contributed by atoms with Crippen molar-refractivity contribution in [2.75, 3.05) is 0 Å². The van der Waals surface area contributed by atoms with Crippen molar-refractivity contribution < 1.29 is 0 Å². The van der Waals surface area contributed by atoms with Gasteiger partial charge in [0.25, 0.3) is 0 Å². The number of hydrogen-bond donors (Lipinski definition) is 1. The van der Waals surface area contributed by atoms with E-state index in [2.05, 4.69) is 9.97 Å². The lowest BCUT2D eigenvalue weighted by atomic mass is 10.2. The van der Waals surface area contributed by atoms with Gasteiger partial charge < -0.3 is 4.98 Å². The SMILES string of the molecule is Clc1nc(Cl)c2c([nH]c3ccccc32)c1Cl. The van der Waals surface area contributed by atoms with Crippen LogP contribution in [0.25, 0.3) is 21.8 Å². The van der Waals surface area contributed by atoms with Gasteiger partial charge in [0, 0.05) is 16.3 Å². The van der Waals surface area contributed by atoms with E-state index in [0.29, 0.717) is 10.2 Å². The predicted molar refractivity (Wildman–Crippen MR) is 68.6 cm³/mol. The number of para-hydroxylation sites is 1. The molecule has 0 saturated carbocycles.